The molecule has 10 heteroatoms. The molecule has 0 aromatic carbocycles. The fraction of sp³-hybridized carbons (Fsp3) is 0.611. The Kier molecular flexibility index (Phi) is 38.3. The summed E-state index contributed by atoms with van der Waals surface area (Å²) in [6, 6.07) is 0. The van der Waals surface area contributed by atoms with E-state index in [0.717, 1.165) is 44.8 Å². The summed E-state index contributed by atoms with van der Waals surface area (Å²) in [5.74, 6) is 1.74. The number of ether oxygens (including phenoxy) is 4. The van der Waals surface area contributed by atoms with E-state index in [9.17, 15) is 14.7 Å². The molecule has 1 saturated heterocycles. The van der Waals surface area contributed by atoms with Crippen LogP contribution in [0.1, 0.15) is 55.4 Å². The van der Waals surface area contributed by atoms with Crippen molar-refractivity contribution in [1.82, 2.24) is 0 Å². The molecule has 0 bridgehead atoms. The number of esters is 1. The van der Waals surface area contributed by atoms with Gasteiger partial charge >= 0.3 is 37.1 Å². The molecule has 3 fully saturated rings. The SMILES string of the molecule is C.C.C.C.C=CC(=O)O.C=CC(=O)OCC(O)COCC1CC(C=C)CC1C=C.C=CC1CC(C=C)C(COC2COC2)C1.[Cl][Cu]. The first-order valence-electron chi connectivity index (χ1n) is 13.9. The average Bonchev–Trinajstić information content (AvgIpc) is 3.59. The number of hydrogen-bond donors (Lipinski definition) is 2. The van der Waals surface area contributed by atoms with Crippen LogP contribution >= 0.6 is 10.1 Å². The summed E-state index contributed by atoms with van der Waals surface area (Å²) < 4.78 is 21.1. The van der Waals surface area contributed by atoms with Crippen LogP contribution in [0.15, 0.2) is 75.9 Å². The first-order chi connectivity index (χ1) is 20.2. The van der Waals surface area contributed by atoms with Crippen molar-refractivity contribution in [3.05, 3.63) is 75.9 Å². The van der Waals surface area contributed by atoms with Crippen molar-refractivity contribution in [2.75, 3.05) is 39.6 Å². The molecule has 0 aromatic heterocycles. The number of carbonyl (C=O) groups is 2. The van der Waals surface area contributed by atoms with E-state index in [1.54, 1.807) is 0 Å². The molecular formula is C36H64ClCuO8. The predicted molar refractivity (Wildman–Crippen MR) is 189 cm³/mol. The topological polar surface area (TPSA) is 112 Å². The quantitative estimate of drug-likeness (QED) is 0.0757. The van der Waals surface area contributed by atoms with Gasteiger partial charge in [-0.1, -0.05) is 67.2 Å². The van der Waals surface area contributed by atoms with E-state index in [0.29, 0.717) is 48.2 Å². The average molecular weight is 724 g/mol. The summed E-state index contributed by atoms with van der Waals surface area (Å²) >= 11 is 3.66. The molecule has 0 spiro atoms. The number of carbonyl (C=O) groups excluding carboxylic acids is 1. The second-order valence-electron chi connectivity index (χ2n) is 10.3. The van der Waals surface area contributed by atoms with Gasteiger partial charge in [-0.05, 0) is 61.2 Å². The third kappa shape index (κ3) is 22.5. The number of aliphatic carboxylic acids is 1. The summed E-state index contributed by atoms with van der Waals surface area (Å²) in [6.45, 7) is 24.8. The van der Waals surface area contributed by atoms with Crippen LogP contribution in [0.5, 0.6) is 0 Å². The minimum atomic E-state index is -0.981. The standard InChI is InChI=1S/C16H24O4.C13H20O2.C3H4O2.4CH4.ClH.Cu/c1-4-12-7-13(5-2)14(8-12)9-19-10-15(17)11-20-16(18)6-3;1-3-10-5-11(4-2)12(6-10)7-15-13-8-14-9-13;1-2-3(4)5;;;;;;/h4-6,12-15,17H,1-3,7-11H2;3-4,10-13H,1-2,5-9H2;2H,1H2,(H,4,5);4*1H4;1H;/q;;;;;;;;+1/p-1. The Balaban J connectivity index is -0.000000192. The second-order valence-corrected chi connectivity index (χ2v) is 10.3. The van der Waals surface area contributed by atoms with Gasteiger partial charge in [-0.15, -0.1) is 26.3 Å². The fourth-order valence-electron chi connectivity index (χ4n) is 4.96. The summed E-state index contributed by atoms with van der Waals surface area (Å²) in [6.07, 6.45) is 14.1. The van der Waals surface area contributed by atoms with Gasteiger partial charge in [0, 0.05) is 12.2 Å². The molecule has 0 aromatic rings. The normalized spacial score (nSPS) is 24.3. The zero-order chi connectivity index (χ0) is 31.9. The van der Waals surface area contributed by atoms with Crippen LogP contribution in [-0.4, -0.2) is 74.0 Å². The van der Waals surface area contributed by atoms with Gasteiger partial charge in [0.05, 0.1) is 33.0 Å². The summed E-state index contributed by atoms with van der Waals surface area (Å²) in [5.41, 5.74) is 0. The number of carboxylic acids is 1. The fourth-order valence-corrected chi connectivity index (χ4v) is 4.96. The van der Waals surface area contributed by atoms with Crippen molar-refractivity contribution in [2.45, 2.75) is 67.6 Å². The van der Waals surface area contributed by atoms with Crippen molar-refractivity contribution >= 4 is 22.0 Å². The summed E-state index contributed by atoms with van der Waals surface area (Å²) in [7, 11) is 4.20. The van der Waals surface area contributed by atoms with Crippen LogP contribution < -0.4 is 0 Å². The maximum atomic E-state index is 10.8. The molecule has 3 aliphatic rings. The van der Waals surface area contributed by atoms with Gasteiger partial charge in [-0.2, -0.15) is 0 Å². The predicted octanol–water partition coefficient (Wildman–Crippen LogP) is 8.01. The molecule has 274 valence electrons. The molecule has 0 amide bonds. The van der Waals surface area contributed by atoms with E-state index in [1.807, 2.05) is 12.2 Å². The molecular weight excluding hydrogens is 659 g/mol. The second kappa shape index (κ2) is 33.0. The van der Waals surface area contributed by atoms with Crippen molar-refractivity contribution in [2.24, 2.45) is 35.5 Å². The minimum absolute atomic E-state index is 0. The van der Waals surface area contributed by atoms with E-state index in [4.69, 9.17) is 24.1 Å². The van der Waals surface area contributed by atoms with Crippen LogP contribution in [0, 0.1) is 35.5 Å². The molecule has 1 heterocycles. The molecule has 3 rings (SSSR count). The summed E-state index contributed by atoms with van der Waals surface area (Å²) in [5, 5.41) is 17.2. The van der Waals surface area contributed by atoms with Gasteiger partial charge in [0.2, 0.25) is 0 Å². The van der Waals surface area contributed by atoms with Crippen LogP contribution in [0.2, 0.25) is 0 Å². The first-order valence-corrected chi connectivity index (χ1v) is 15.2. The molecule has 2 saturated carbocycles. The number of halogens is 1. The molecule has 2 aliphatic carbocycles. The molecule has 46 heavy (non-hydrogen) atoms. The van der Waals surface area contributed by atoms with Gasteiger partial charge in [0.15, 0.2) is 0 Å². The third-order valence-corrected chi connectivity index (χ3v) is 7.40. The van der Waals surface area contributed by atoms with Crippen molar-refractivity contribution in [1.29, 1.82) is 0 Å². The Hall–Kier alpha value is -1.97. The number of carboxylic acid groups (broad SMARTS) is 1. The van der Waals surface area contributed by atoms with Crippen molar-refractivity contribution < 1.29 is 53.9 Å². The number of hydrogen-bond acceptors (Lipinski definition) is 7. The molecule has 1 aliphatic heterocycles. The Labute approximate surface area is 293 Å². The molecule has 7 atom stereocenters. The zero-order valence-corrected chi connectivity index (χ0v) is 26.1. The third-order valence-electron chi connectivity index (χ3n) is 7.40. The van der Waals surface area contributed by atoms with Gasteiger partial charge < -0.3 is 29.2 Å². The number of allylic oxidation sites excluding steroid dienone is 4. The number of aliphatic hydroxyl groups excluding tert-OH is 1. The summed E-state index contributed by atoms with van der Waals surface area (Å²) in [4.78, 5) is 20.1. The van der Waals surface area contributed by atoms with Crippen LogP contribution in [0.3, 0.4) is 0 Å². The number of rotatable bonds is 15. The van der Waals surface area contributed by atoms with E-state index in [2.05, 4.69) is 76.8 Å². The Morgan fingerprint density at radius 1 is 0.783 bits per heavy atom. The number of aliphatic hydroxyl groups is 1. The van der Waals surface area contributed by atoms with E-state index < -0.39 is 18.0 Å². The van der Waals surface area contributed by atoms with E-state index in [-0.39, 0.29) is 42.9 Å². The van der Waals surface area contributed by atoms with Gasteiger partial charge in [0.1, 0.15) is 18.8 Å². The molecule has 7 unspecified atom stereocenters. The molecule has 0 radical (unpaired) electrons. The maximum absolute atomic E-state index is 10.8. The molecule has 2 N–H and O–H groups in total. The zero-order valence-electron chi connectivity index (χ0n) is 24.4. The van der Waals surface area contributed by atoms with Gasteiger partial charge in [-0.25, -0.2) is 9.59 Å². The van der Waals surface area contributed by atoms with Gasteiger partial charge in [-0.3, -0.25) is 0 Å². The van der Waals surface area contributed by atoms with Gasteiger partial charge in [0.25, 0.3) is 0 Å². The Bertz CT molecular complexity index is 848. The van der Waals surface area contributed by atoms with Crippen molar-refractivity contribution in [3.63, 3.8) is 0 Å². The van der Waals surface area contributed by atoms with E-state index in [1.165, 1.54) is 12.8 Å². The van der Waals surface area contributed by atoms with Crippen LogP contribution in [0.4, 0.5) is 0 Å². The van der Waals surface area contributed by atoms with Crippen LogP contribution in [-0.2, 0) is 43.6 Å². The monoisotopic (exact) mass is 722 g/mol. The van der Waals surface area contributed by atoms with Crippen LogP contribution in [0.25, 0.3) is 0 Å². The molecule has 8 nitrogen and oxygen atoms in total. The Morgan fingerprint density at radius 3 is 1.59 bits per heavy atom. The Morgan fingerprint density at radius 2 is 1.24 bits per heavy atom. The first kappa shape index (κ1) is 53.5. The van der Waals surface area contributed by atoms with Crippen molar-refractivity contribution in [3.8, 4) is 0 Å². The van der Waals surface area contributed by atoms with E-state index >= 15 is 0 Å².